The fourth-order valence-electron chi connectivity index (χ4n) is 4.23. The highest BCUT2D eigenvalue weighted by Crippen LogP contribution is 2.34. The molecule has 2 unspecified atom stereocenters. The van der Waals surface area contributed by atoms with Gasteiger partial charge >= 0.3 is 0 Å². The molecule has 3 aromatic rings. The minimum atomic E-state index is -1.48. The van der Waals surface area contributed by atoms with Crippen molar-refractivity contribution in [2.45, 2.75) is 32.1 Å². The smallest absolute Gasteiger partial charge is 0.268 e. The summed E-state index contributed by atoms with van der Waals surface area (Å²) in [6.07, 6.45) is 1.51. The van der Waals surface area contributed by atoms with Crippen molar-refractivity contribution in [2.75, 3.05) is 32.8 Å². The molecule has 0 spiro atoms. The lowest BCUT2D eigenvalue weighted by Gasteiger charge is -2.30. The summed E-state index contributed by atoms with van der Waals surface area (Å²) in [6.45, 7) is 7.63. The van der Waals surface area contributed by atoms with E-state index < -0.39 is 11.5 Å². The Bertz CT molecular complexity index is 1310. The number of amides is 1. The molecule has 1 amide bonds. The van der Waals surface area contributed by atoms with Crippen LogP contribution in [0.25, 0.3) is 11.4 Å². The van der Waals surface area contributed by atoms with Crippen molar-refractivity contribution in [3.63, 3.8) is 0 Å². The second-order valence-corrected chi connectivity index (χ2v) is 8.98. The second kappa shape index (κ2) is 9.19. The van der Waals surface area contributed by atoms with Gasteiger partial charge in [-0.25, -0.2) is 4.98 Å². The first-order valence-electron chi connectivity index (χ1n) is 11.5. The molecule has 1 fully saturated rings. The number of carbonyl (C=O) groups excluding carboxylic acids is 1. The number of hydrogen-bond acceptors (Lipinski definition) is 8. The number of carbonyl (C=O) groups is 1. The number of primary amides is 1. The zero-order valence-corrected chi connectivity index (χ0v) is 19.7. The molecule has 1 saturated heterocycles. The summed E-state index contributed by atoms with van der Waals surface area (Å²) in [5, 5.41) is 14.6. The zero-order chi connectivity index (χ0) is 24.6. The van der Waals surface area contributed by atoms with Gasteiger partial charge in [0.05, 0.1) is 25.3 Å². The Kier molecular flexibility index (Phi) is 6.06. The number of hydrogen-bond donors (Lipinski definition) is 2. The van der Waals surface area contributed by atoms with Crippen LogP contribution in [0.4, 0.5) is 0 Å². The summed E-state index contributed by atoms with van der Waals surface area (Å²) in [6, 6.07) is 7.16. The molecule has 0 radical (unpaired) electrons. The van der Waals surface area contributed by atoms with E-state index >= 15 is 0 Å². The van der Waals surface area contributed by atoms with Crippen molar-refractivity contribution in [3.8, 4) is 29.0 Å². The SMILES string of the molecule is Cc1cc(C(C)(O)C#Cc2ccc3c(c2)-c2nc(C(N)=O)cn2CC(CN2CCOCC2)O3)no1. The predicted molar refractivity (Wildman–Crippen MR) is 126 cm³/mol. The third-order valence-corrected chi connectivity index (χ3v) is 6.09. The lowest BCUT2D eigenvalue weighted by atomic mass is 10.0. The highest BCUT2D eigenvalue weighted by molar-refractivity contribution is 5.91. The van der Waals surface area contributed by atoms with Gasteiger partial charge < -0.3 is 29.4 Å². The molecule has 2 aromatic heterocycles. The predicted octanol–water partition coefficient (Wildman–Crippen LogP) is 1.30. The molecule has 0 aliphatic carbocycles. The van der Waals surface area contributed by atoms with Crippen molar-refractivity contribution in [1.82, 2.24) is 19.6 Å². The maximum absolute atomic E-state index is 11.9. The molecule has 4 heterocycles. The van der Waals surface area contributed by atoms with E-state index in [-0.39, 0.29) is 11.8 Å². The van der Waals surface area contributed by atoms with Crippen molar-refractivity contribution < 1.29 is 23.9 Å². The molecule has 10 nitrogen and oxygen atoms in total. The minimum absolute atomic E-state index is 0.156. The molecule has 2 aliphatic rings. The van der Waals surface area contributed by atoms with Crippen LogP contribution in [-0.4, -0.2) is 69.6 Å². The first-order chi connectivity index (χ1) is 16.8. The summed E-state index contributed by atoms with van der Waals surface area (Å²) in [7, 11) is 0. The van der Waals surface area contributed by atoms with E-state index in [1.807, 2.05) is 22.8 Å². The number of aliphatic hydroxyl groups is 1. The van der Waals surface area contributed by atoms with Crippen LogP contribution in [0.15, 0.2) is 35.0 Å². The Morgan fingerprint density at radius 3 is 2.83 bits per heavy atom. The third kappa shape index (κ3) is 4.93. The van der Waals surface area contributed by atoms with Gasteiger partial charge in [0.15, 0.2) is 5.60 Å². The first kappa shape index (κ1) is 23.1. The molecular weight excluding hydrogens is 450 g/mol. The molecule has 2 atom stereocenters. The van der Waals surface area contributed by atoms with Gasteiger partial charge in [-0.1, -0.05) is 17.0 Å². The quantitative estimate of drug-likeness (QED) is 0.538. The fourth-order valence-corrected chi connectivity index (χ4v) is 4.23. The van der Waals surface area contributed by atoms with Crippen molar-refractivity contribution in [1.29, 1.82) is 0 Å². The number of aryl methyl sites for hydroxylation is 1. The molecule has 0 saturated carbocycles. The van der Waals surface area contributed by atoms with E-state index in [1.54, 1.807) is 26.1 Å². The van der Waals surface area contributed by atoms with Crippen molar-refractivity contribution in [2.24, 2.45) is 5.73 Å². The topological polar surface area (TPSA) is 129 Å². The average Bonchev–Trinajstić information content (AvgIpc) is 3.43. The van der Waals surface area contributed by atoms with Gasteiger partial charge in [0.1, 0.15) is 34.8 Å². The average molecular weight is 478 g/mol. The number of fused-ring (bicyclic) bond motifs is 3. The lowest BCUT2D eigenvalue weighted by molar-refractivity contribution is 0.0172. The maximum atomic E-state index is 11.9. The van der Waals surface area contributed by atoms with Gasteiger partial charge in [0, 0.05) is 37.5 Å². The Morgan fingerprint density at radius 2 is 2.11 bits per heavy atom. The molecule has 2 aliphatic heterocycles. The van der Waals surface area contributed by atoms with Gasteiger partial charge in [0.25, 0.3) is 5.91 Å². The second-order valence-electron chi connectivity index (χ2n) is 8.98. The van der Waals surface area contributed by atoms with Gasteiger partial charge in [-0.2, -0.15) is 0 Å². The van der Waals surface area contributed by atoms with Crippen LogP contribution in [0.3, 0.4) is 0 Å². The van der Waals surface area contributed by atoms with E-state index in [4.69, 9.17) is 19.7 Å². The highest BCUT2D eigenvalue weighted by atomic mass is 16.5. The minimum Gasteiger partial charge on any atom is -0.486 e. The van der Waals surface area contributed by atoms with Crippen LogP contribution < -0.4 is 10.5 Å². The number of imidazole rings is 1. The van der Waals surface area contributed by atoms with E-state index in [9.17, 15) is 9.90 Å². The molecule has 35 heavy (non-hydrogen) atoms. The number of nitrogens with zero attached hydrogens (tertiary/aromatic N) is 4. The molecule has 182 valence electrons. The number of benzene rings is 1. The first-order valence-corrected chi connectivity index (χ1v) is 11.5. The summed E-state index contributed by atoms with van der Waals surface area (Å²) in [5.74, 6) is 7.10. The molecule has 0 bridgehead atoms. The van der Waals surface area contributed by atoms with Crippen LogP contribution in [0, 0.1) is 18.8 Å². The van der Waals surface area contributed by atoms with Crippen molar-refractivity contribution in [3.05, 3.63) is 53.2 Å². The van der Waals surface area contributed by atoms with E-state index in [0.717, 1.165) is 13.1 Å². The summed E-state index contributed by atoms with van der Waals surface area (Å²) in [5.41, 5.74) is 5.92. The largest absolute Gasteiger partial charge is 0.486 e. The van der Waals surface area contributed by atoms with Crippen LogP contribution in [0.1, 0.15) is 34.4 Å². The fraction of sp³-hybridized carbons (Fsp3) is 0.400. The Labute approximate surface area is 202 Å². The molecule has 1 aromatic carbocycles. The highest BCUT2D eigenvalue weighted by Gasteiger charge is 2.28. The summed E-state index contributed by atoms with van der Waals surface area (Å²) < 4.78 is 18.8. The van der Waals surface area contributed by atoms with E-state index in [1.165, 1.54) is 0 Å². The number of morpholine rings is 1. The molecule has 10 heteroatoms. The number of nitrogens with two attached hydrogens (primary N) is 1. The van der Waals surface area contributed by atoms with E-state index in [0.29, 0.717) is 60.5 Å². The zero-order valence-electron chi connectivity index (χ0n) is 19.7. The molecule has 5 rings (SSSR count). The van der Waals surface area contributed by atoms with Crippen molar-refractivity contribution >= 4 is 5.91 Å². The van der Waals surface area contributed by atoms with Gasteiger partial charge in [-0.15, -0.1) is 0 Å². The lowest BCUT2D eigenvalue weighted by Crippen LogP contribution is -2.43. The Hall–Kier alpha value is -3.65. The summed E-state index contributed by atoms with van der Waals surface area (Å²) in [4.78, 5) is 18.7. The monoisotopic (exact) mass is 477 g/mol. The van der Waals surface area contributed by atoms with Crippen LogP contribution >= 0.6 is 0 Å². The number of ether oxygens (including phenoxy) is 2. The van der Waals surface area contributed by atoms with Gasteiger partial charge in [-0.05, 0) is 32.0 Å². The van der Waals surface area contributed by atoms with E-state index in [2.05, 4.69) is 26.9 Å². The molecular formula is C25H27N5O5. The Balaban J connectivity index is 1.49. The van der Waals surface area contributed by atoms with Crippen LogP contribution in [0.5, 0.6) is 5.75 Å². The Morgan fingerprint density at radius 1 is 1.31 bits per heavy atom. The third-order valence-electron chi connectivity index (χ3n) is 6.09. The number of rotatable bonds is 4. The van der Waals surface area contributed by atoms with Crippen LogP contribution in [-0.2, 0) is 16.9 Å². The maximum Gasteiger partial charge on any atom is 0.268 e. The van der Waals surface area contributed by atoms with Crippen LogP contribution in [0.2, 0.25) is 0 Å². The van der Waals surface area contributed by atoms with Gasteiger partial charge in [-0.3, -0.25) is 9.69 Å². The molecule has 3 N–H and O–H groups in total. The number of aromatic nitrogens is 3. The standard InChI is InChI=1S/C25H27N5O5/c1-16-11-22(28-35-16)25(2,32)6-5-17-3-4-21-19(12-17)24-27-20(23(26)31)15-30(24)14-18(34-21)13-29-7-9-33-10-8-29/h3-4,11-12,15,18,32H,7-10,13-14H2,1-2H3,(H2,26,31). The van der Waals surface area contributed by atoms with Gasteiger partial charge in [0.2, 0.25) is 0 Å². The normalized spacial score (nSPS) is 19.3. The summed E-state index contributed by atoms with van der Waals surface area (Å²) >= 11 is 0.